The number of rotatable bonds is 6. The van der Waals surface area contributed by atoms with E-state index in [0.29, 0.717) is 5.56 Å². The largest absolute Gasteiger partial charge is 0.573 e. The Labute approximate surface area is 137 Å². The van der Waals surface area contributed by atoms with Gasteiger partial charge in [0, 0.05) is 13.6 Å². The van der Waals surface area contributed by atoms with Crippen LogP contribution in [0.5, 0.6) is 5.75 Å². The molecule has 0 aliphatic carbocycles. The maximum Gasteiger partial charge on any atom is 0.573 e. The van der Waals surface area contributed by atoms with E-state index >= 15 is 0 Å². The summed E-state index contributed by atoms with van der Waals surface area (Å²) in [5, 5.41) is 11.5. The number of carbonyl (C=O) groups excluding carboxylic acids is 1. The van der Waals surface area contributed by atoms with Crippen molar-refractivity contribution in [2.24, 2.45) is 5.92 Å². The lowest BCUT2D eigenvalue weighted by Crippen LogP contribution is -2.41. The maximum atomic E-state index is 12.1. The molecule has 0 aliphatic heterocycles. The van der Waals surface area contributed by atoms with Crippen LogP contribution in [0.4, 0.5) is 18.0 Å². The van der Waals surface area contributed by atoms with Gasteiger partial charge in [-0.2, -0.15) is 0 Å². The number of carboxylic acid groups (broad SMARTS) is 1. The molecule has 0 heterocycles. The fourth-order valence-electron chi connectivity index (χ4n) is 1.91. The number of carbonyl (C=O) groups is 2. The van der Waals surface area contributed by atoms with E-state index in [0.717, 1.165) is 12.1 Å². The normalized spacial score (nSPS) is 13.8. The molecule has 2 amide bonds. The molecule has 0 saturated heterocycles. The van der Waals surface area contributed by atoms with Gasteiger partial charge >= 0.3 is 18.4 Å². The molecule has 0 spiro atoms. The van der Waals surface area contributed by atoms with Crippen LogP contribution in [-0.2, 0) is 4.79 Å². The van der Waals surface area contributed by atoms with Gasteiger partial charge in [0.05, 0.1) is 12.0 Å². The van der Waals surface area contributed by atoms with Crippen LogP contribution in [-0.4, -0.2) is 42.0 Å². The highest BCUT2D eigenvalue weighted by molar-refractivity contribution is 5.76. The second kappa shape index (κ2) is 7.89. The van der Waals surface area contributed by atoms with Crippen LogP contribution in [0.15, 0.2) is 24.3 Å². The molecule has 1 unspecified atom stereocenters. The van der Waals surface area contributed by atoms with Crippen molar-refractivity contribution in [3.05, 3.63) is 29.8 Å². The Balaban J connectivity index is 2.62. The number of halogens is 3. The van der Waals surface area contributed by atoms with E-state index in [1.807, 2.05) is 0 Å². The predicted octanol–water partition coefficient (Wildman–Crippen LogP) is 3.01. The van der Waals surface area contributed by atoms with E-state index in [1.54, 1.807) is 6.92 Å². The monoisotopic (exact) mass is 348 g/mol. The molecular formula is C15H19F3N2O4. The standard InChI is InChI=1S/C15H19F3N2O4/c1-9(13(21)22)8-20(3)14(23)19-10(2)11-4-6-12(7-5-11)24-15(16,17)18/h4-7,9-10H,8H2,1-3H3,(H,19,23)(H,21,22)/t9?,10-/m0/s1. The van der Waals surface area contributed by atoms with Crippen LogP contribution in [0.3, 0.4) is 0 Å². The average molecular weight is 348 g/mol. The summed E-state index contributed by atoms with van der Waals surface area (Å²) < 4.78 is 40.1. The highest BCUT2D eigenvalue weighted by Gasteiger charge is 2.31. The molecule has 9 heteroatoms. The van der Waals surface area contributed by atoms with Gasteiger partial charge < -0.3 is 20.1 Å². The van der Waals surface area contributed by atoms with Gasteiger partial charge in [0.15, 0.2) is 0 Å². The van der Waals surface area contributed by atoms with Crippen molar-refractivity contribution in [3.8, 4) is 5.75 Å². The van der Waals surface area contributed by atoms with Crippen LogP contribution in [0.1, 0.15) is 25.5 Å². The lowest BCUT2D eigenvalue weighted by molar-refractivity contribution is -0.274. The van der Waals surface area contributed by atoms with Gasteiger partial charge in [0.1, 0.15) is 5.75 Å². The quantitative estimate of drug-likeness (QED) is 0.828. The number of hydrogen-bond donors (Lipinski definition) is 2. The molecule has 1 aromatic rings. The summed E-state index contributed by atoms with van der Waals surface area (Å²) in [6, 6.07) is 4.17. The Kier molecular flexibility index (Phi) is 6.44. The third kappa shape index (κ3) is 6.35. The highest BCUT2D eigenvalue weighted by atomic mass is 19.4. The molecule has 24 heavy (non-hydrogen) atoms. The topological polar surface area (TPSA) is 78.9 Å². The van der Waals surface area contributed by atoms with E-state index in [-0.39, 0.29) is 12.3 Å². The van der Waals surface area contributed by atoms with Crippen LogP contribution in [0.2, 0.25) is 0 Å². The van der Waals surface area contributed by atoms with Gasteiger partial charge in [-0.3, -0.25) is 4.79 Å². The van der Waals surface area contributed by atoms with Crippen molar-refractivity contribution in [2.45, 2.75) is 26.3 Å². The van der Waals surface area contributed by atoms with Crippen LogP contribution >= 0.6 is 0 Å². The lowest BCUT2D eigenvalue weighted by atomic mass is 10.1. The molecule has 1 aromatic carbocycles. The van der Waals surface area contributed by atoms with Crippen molar-refractivity contribution in [1.82, 2.24) is 10.2 Å². The molecular weight excluding hydrogens is 329 g/mol. The van der Waals surface area contributed by atoms with E-state index in [9.17, 15) is 22.8 Å². The van der Waals surface area contributed by atoms with Crippen LogP contribution in [0, 0.1) is 5.92 Å². The molecule has 6 nitrogen and oxygen atoms in total. The second-order valence-corrected chi connectivity index (χ2v) is 5.41. The van der Waals surface area contributed by atoms with Crippen molar-refractivity contribution >= 4 is 12.0 Å². The van der Waals surface area contributed by atoms with Crippen molar-refractivity contribution in [2.75, 3.05) is 13.6 Å². The Bertz CT molecular complexity index is 575. The third-order valence-electron chi connectivity index (χ3n) is 3.27. The van der Waals surface area contributed by atoms with Crippen LogP contribution in [0.25, 0.3) is 0 Å². The number of alkyl halides is 3. The Hall–Kier alpha value is -2.45. The zero-order valence-corrected chi connectivity index (χ0v) is 13.4. The summed E-state index contributed by atoms with van der Waals surface area (Å²) in [7, 11) is 1.46. The molecule has 0 saturated carbocycles. The first-order valence-electron chi connectivity index (χ1n) is 7.09. The number of ether oxygens (including phenoxy) is 1. The summed E-state index contributed by atoms with van der Waals surface area (Å²) in [6.45, 7) is 3.17. The zero-order chi connectivity index (χ0) is 18.5. The first-order chi connectivity index (χ1) is 11.0. The first kappa shape index (κ1) is 19.6. The molecule has 2 N–H and O–H groups in total. The minimum absolute atomic E-state index is 0.0340. The van der Waals surface area contributed by atoms with Crippen molar-refractivity contribution < 1.29 is 32.6 Å². The SMILES string of the molecule is CC(CN(C)C(=O)N[C@@H](C)c1ccc(OC(F)(F)F)cc1)C(=O)O. The fourth-order valence-corrected chi connectivity index (χ4v) is 1.91. The average Bonchev–Trinajstić information content (AvgIpc) is 2.45. The number of carboxylic acids is 1. The van der Waals surface area contributed by atoms with E-state index in [1.165, 1.54) is 31.0 Å². The van der Waals surface area contributed by atoms with E-state index in [4.69, 9.17) is 5.11 Å². The number of nitrogens with one attached hydrogen (secondary N) is 1. The summed E-state index contributed by atoms with van der Waals surface area (Å²) >= 11 is 0. The predicted molar refractivity (Wildman–Crippen MR) is 79.5 cm³/mol. The number of benzene rings is 1. The molecule has 0 fully saturated rings. The van der Waals surface area contributed by atoms with Gasteiger partial charge in [0.25, 0.3) is 0 Å². The number of amides is 2. The molecule has 0 aromatic heterocycles. The second-order valence-electron chi connectivity index (χ2n) is 5.41. The minimum Gasteiger partial charge on any atom is -0.481 e. The maximum absolute atomic E-state index is 12.1. The summed E-state index contributed by atoms with van der Waals surface area (Å²) in [5.74, 6) is -2.07. The van der Waals surface area contributed by atoms with Crippen LogP contribution < -0.4 is 10.1 Å². The Morgan fingerprint density at radius 3 is 2.25 bits per heavy atom. The number of urea groups is 1. The number of nitrogens with zero attached hydrogens (tertiary/aromatic N) is 1. The fraction of sp³-hybridized carbons (Fsp3) is 0.467. The summed E-state index contributed by atoms with van der Waals surface area (Å²) in [4.78, 5) is 24.0. The molecule has 134 valence electrons. The van der Waals surface area contributed by atoms with Gasteiger partial charge in [-0.15, -0.1) is 13.2 Å². The van der Waals surface area contributed by atoms with Gasteiger partial charge in [-0.05, 0) is 24.6 Å². The molecule has 2 atom stereocenters. The zero-order valence-electron chi connectivity index (χ0n) is 13.4. The molecule has 0 aliphatic rings. The van der Waals surface area contributed by atoms with Crippen molar-refractivity contribution in [3.63, 3.8) is 0 Å². The first-order valence-corrected chi connectivity index (χ1v) is 7.09. The smallest absolute Gasteiger partial charge is 0.481 e. The van der Waals surface area contributed by atoms with Gasteiger partial charge in [-0.1, -0.05) is 19.1 Å². The molecule has 0 radical (unpaired) electrons. The highest BCUT2D eigenvalue weighted by Crippen LogP contribution is 2.24. The minimum atomic E-state index is -4.76. The van der Waals surface area contributed by atoms with E-state index < -0.39 is 30.3 Å². The number of aliphatic carboxylic acids is 1. The Morgan fingerprint density at radius 2 is 1.79 bits per heavy atom. The third-order valence-corrected chi connectivity index (χ3v) is 3.27. The van der Waals surface area contributed by atoms with Gasteiger partial charge in [0.2, 0.25) is 0 Å². The molecule has 0 bridgehead atoms. The van der Waals surface area contributed by atoms with E-state index in [2.05, 4.69) is 10.1 Å². The van der Waals surface area contributed by atoms with Gasteiger partial charge in [-0.25, -0.2) is 4.79 Å². The Morgan fingerprint density at radius 1 is 1.25 bits per heavy atom. The van der Waals surface area contributed by atoms with Crippen molar-refractivity contribution in [1.29, 1.82) is 0 Å². The summed E-state index contributed by atoms with van der Waals surface area (Å²) in [6.07, 6.45) is -4.76. The lowest BCUT2D eigenvalue weighted by Gasteiger charge is -2.23. The summed E-state index contributed by atoms with van der Waals surface area (Å²) in [5.41, 5.74) is 0.581. The number of hydrogen-bond acceptors (Lipinski definition) is 3. The molecule has 1 rings (SSSR count).